The topological polar surface area (TPSA) is 88.1 Å². The molecule has 1 N–H and O–H groups in total. The van der Waals surface area contributed by atoms with Crippen molar-refractivity contribution in [2.75, 3.05) is 22.7 Å². The van der Waals surface area contributed by atoms with E-state index in [1.165, 1.54) is 31.3 Å². The highest BCUT2D eigenvalue weighted by atomic mass is 32.2. The minimum atomic E-state index is -3.66. The summed E-state index contributed by atoms with van der Waals surface area (Å²) in [7, 11) is -3.66. The minimum absolute atomic E-state index is 0.123. The summed E-state index contributed by atoms with van der Waals surface area (Å²) >= 11 is 0. The van der Waals surface area contributed by atoms with Gasteiger partial charge in [0.15, 0.2) is 5.82 Å². The average molecular weight is 410 g/mol. The van der Waals surface area contributed by atoms with E-state index in [-0.39, 0.29) is 4.90 Å². The first-order valence-corrected chi connectivity index (χ1v) is 11.1. The lowest BCUT2D eigenvalue weighted by molar-refractivity contribution is 0.436. The zero-order chi connectivity index (χ0) is 20.3. The molecule has 150 valence electrons. The molecule has 0 bridgehead atoms. The fourth-order valence-electron chi connectivity index (χ4n) is 3.31. The van der Waals surface area contributed by atoms with Crippen molar-refractivity contribution >= 4 is 21.5 Å². The van der Waals surface area contributed by atoms with Crippen LogP contribution in [0, 0.1) is 5.92 Å². The van der Waals surface area contributed by atoms with Crippen molar-refractivity contribution in [2.24, 2.45) is 5.92 Å². The van der Waals surface area contributed by atoms with Crippen molar-refractivity contribution in [3.05, 3.63) is 60.9 Å². The molecule has 1 aromatic carbocycles. The number of benzene rings is 1. The van der Waals surface area contributed by atoms with Gasteiger partial charge in [-0.05, 0) is 55.2 Å². The normalized spacial score (nSPS) is 15.3. The van der Waals surface area contributed by atoms with Crippen molar-refractivity contribution in [2.45, 2.75) is 24.7 Å². The lowest BCUT2D eigenvalue weighted by Crippen LogP contribution is -2.33. The Kier molecular flexibility index (Phi) is 5.44. The van der Waals surface area contributed by atoms with E-state index in [0.717, 1.165) is 36.1 Å². The highest BCUT2D eigenvalue weighted by molar-refractivity contribution is 7.92. The van der Waals surface area contributed by atoms with Gasteiger partial charge in [0, 0.05) is 36.7 Å². The molecule has 1 saturated heterocycles. The van der Waals surface area contributed by atoms with Crippen LogP contribution in [-0.2, 0) is 10.0 Å². The number of piperidine rings is 1. The second kappa shape index (κ2) is 8.16. The Balaban J connectivity index is 1.45. The fraction of sp³-hybridized carbons (Fsp3) is 0.286. The van der Waals surface area contributed by atoms with Crippen LogP contribution < -0.4 is 9.62 Å². The maximum atomic E-state index is 12.4. The molecular weight excluding hydrogens is 386 g/mol. The fourth-order valence-corrected chi connectivity index (χ4v) is 4.34. The van der Waals surface area contributed by atoms with Crippen molar-refractivity contribution in [1.82, 2.24) is 15.2 Å². The monoisotopic (exact) mass is 409 g/mol. The first-order chi connectivity index (χ1) is 14.0. The zero-order valence-electron chi connectivity index (χ0n) is 16.2. The second-order valence-corrected chi connectivity index (χ2v) is 9.00. The van der Waals surface area contributed by atoms with Crippen LogP contribution in [0.2, 0.25) is 0 Å². The summed E-state index contributed by atoms with van der Waals surface area (Å²) < 4.78 is 27.3. The molecule has 3 heterocycles. The molecule has 4 rings (SSSR count). The molecule has 0 atom stereocenters. The van der Waals surface area contributed by atoms with E-state index in [1.807, 2.05) is 24.3 Å². The molecule has 29 heavy (non-hydrogen) atoms. The van der Waals surface area contributed by atoms with Crippen LogP contribution in [0.5, 0.6) is 0 Å². The van der Waals surface area contributed by atoms with Gasteiger partial charge in [0.2, 0.25) is 0 Å². The summed E-state index contributed by atoms with van der Waals surface area (Å²) in [5, 5.41) is 8.74. The highest BCUT2D eigenvalue weighted by Crippen LogP contribution is 2.24. The number of aromatic nitrogens is 3. The van der Waals surface area contributed by atoms with Crippen molar-refractivity contribution < 1.29 is 8.42 Å². The summed E-state index contributed by atoms with van der Waals surface area (Å²) in [6, 6.07) is 14.1. The van der Waals surface area contributed by atoms with Gasteiger partial charge in [-0.25, -0.2) is 8.42 Å². The maximum Gasteiger partial charge on any atom is 0.263 e. The average Bonchev–Trinajstić information content (AvgIpc) is 2.75. The minimum Gasteiger partial charge on any atom is -0.355 e. The summed E-state index contributed by atoms with van der Waals surface area (Å²) in [5.74, 6) is 1.68. The van der Waals surface area contributed by atoms with Gasteiger partial charge in [0.1, 0.15) is 4.90 Å². The lowest BCUT2D eigenvalue weighted by atomic mass is 9.99. The Hall–Kier alpha value is -3.00. The van der Waals surface area contributed by atoms with E-state index in [9.17, 15) is 8.42 Å². The van der Waals surface area contributed by atoms with Gasteiger partial charge in [-0.1, -0.05) is 19.1 Å². The van der Waals surface area contributed by atoms with Crippen molar-refractivity contribution in [3.8, 4) is 11.3 Å². The van der Waals surface area contributed by atoms with E-state index >= 15 is 0 Å². The maximum absolute atomic E-state index is 12.4. The van der Waals surface area contributed by atoms with Gasteiger partial charge < -0.3 is 4.90 Å². The summed E-state index contributed by atoms with van der Waals surface area (Å²) in [5.41, 5.74) is 2.10. The molecule has 2 aromatic heterocycles. The Morgan fingerprint density at radius 2 is 1.76 bits per heavy atom. The number of rotatable bonds is 5. The van der Waals surface area contributed by atoms with Gasteiger partial charge in [-0.3, -0.25) is 9.71 Å². The molecular formula is C21H23N5O2S. The quantitative estimate of drug-likeness (QED) is 0.693. The first-order valence-electron chi connectivity index (χ1n) is 9.63. The molecule has 7 nitrogen and oxygen atoms in total. The molecule has 1 aliphatic heterocycles. The summed E-state index contributed by atoms with van der Waals surface area (Å²) in [6.45, 7) is 4.31. The van der Waals surface area contributed by atoms with Gasteiger partial charge in [-0.15, -0.1) is 10.2 Å². The Bertz CT molecular complexity index is 1050. The van der Waals surface area contributed by atoms with Gasteiger partial charge >= 0.3 is 0 Å². The number of pyridine rings is 1. The molecule has 0 saturated carbocycles. The number of sulfonamides is 1. The van der Waals surface area contributed by atoms with Crippen LogP contribution in [0.25, 0.3) is 11.3 Å². The molecule has 0 spiro atoms. The molecule has 1 fully saturated rings. The Morgan fingerprint density at radius 1 is 1.00 bits per heavy atom. The van der Waals surface area contributed by atoms with Crippen LogP contribution in [0.1, 0.15) is 19.8 Å². The van der Waals surface area contributed by atoms with Crippen LogP contribution in [-0.4, -0.2) is 36.7 Å². The number of nitrogens with zero attached hydrogens (tertiary/aromatic N) is 4. The third-order valence-electron chi connectivity index (χ3n) is 5.14. The second-order valence-electron chi connectivity index (χ2n) is 7.32. The van der Waals surface area contributed by atoms with Gasteiger partial charge in [-0.2, -0.15) is 0 Å². The van der Waals surface area contributed by atoms with Crippen LogP contribution in [0.4, 0.5) is 11.5 Å². The molecule has 0 aliphatic carbocycles. The Morgan fingerprint density at radius 3 is 2.38 bits per heavy atom. The van der Waals surface area contributed by atoms with E-state index < -0.39 is 10.0 Å². The molecule has 1 aliphatic rings. The smallest absolute Gasteiger partial charge is 0.263 e. The Labute approximate surface area is 170 Å². The largest absolute Gasteiger partial charge is 0.355 e. The number of hydrogen-bond donors (Lipinski definition) is 1. The van der Waals surface area contributed by atoms with Crippen LogP contribution >= 0.6 is 0 Å². The molecule has 8 heteroatoms. The standard InChI is InChI=1S/C21H23N5O2S/c1-16-10-13-26(14-11-16)21-9-8-20(23-24-21)17-4-6-18(7-5-17)25-29(27,28)19-3-2-12-22-15-19/h2-9,12,15-16,25H,10-11,13-14H2,1H3. The third kappa shape index (κ3) is 4.54. The zero-order valence-corrected chi connectivity index (χ0v) is 17.0. The first kappa shape index (κ1) is 19.3. The van der Waals surface area contributed by atoms with E-state index in [2.05, 4.69) is 31.7 Å². The third-order valence-corrected chi connectivity index (χ3v) is 6.50. The van der Waals surface area contributed by atoms with Crippen LogP contribution in [0.3, 0.4) is 0 Å². The van der Waals surface area contributed by atoms with Crippen molar-refractivity contribution in [3.63, 3.8) is 0 Å². The SMILES string of the molecule is CC1CCN(c2ccc(-c3ccc(NS(=O)(=O)c4cccnc4)cc3)nn2)CC1. The molecule has 0 radical (unpaired) electrons. The molecule has 0 amide bonds. The molecule has 3 aromatic rings. The lowest BCUT2D eigenvalue weighted by Gasteiger charge is -2.30. The number of nitrogens with one attached hydrogen (secondary N) is 1. The van der Waals surface area contributed by atoms with E-state index in [0.29, 0.717) is 5.69 Å². The van der Waals surface area contributed by atoms with Crippen LogP contribution in [0.15, 0.2) is 65.8 Å². The predicted octanol–water partition coefficient (Wildman–Crippen LogP) is 3.58. The number of anilines is 2. The van der Waals surface area contributed by atoms with Crippen molar-refractivity contribution in [1.29, 1.82) is 0 Å². The highest BCUT2D eigenvalue weighted by Gasteiger charge is 2.17. The summed E-state index contributed by atoms with van der Waals surface area (Å²) in [4.78, 5) is 6.25. The van der Waals surface area contributed by atoms with E-state index in [4.69, 9.17) is 0 Å². The molecule has 0 unspecified atom stereocenters. The number of hydrogen-bond acceptors (Lipinski definition) is 6. The van der Waals surface area contributed by atoms with Gasteiger partial charge in [0.25, 0.3) is 10.0 Å². The predicted molar refractivity (Wildman–Crippen MR) is 113 cm³/mol. The van der Waals surface area contributed by atoms with E-state index in [1.54, 1.807) is 18.2 Å². The van der Waals surface area contributed by atoms with Gasteiger partial charge in [0.05, 0.1) is 5.69 Å². The summed E-state index contributed by atoms with van der Waals surface area (Å²) in [6.07, 6.45) is 5.21.